The quantitative estimate of drug-likeness (QED) is 0.506. The summed E-state index contributed by atoms with van der Waals surface area (Å²) in [5, 5.41) is 11.9. The number of hydrogen-bond donors (Lipinski definition) is 1. The Morgan fingerprint density at radius 3 is 2.30 bits per heavy atom. The maximum atomic E-state index is 8.68. The Balaban J connectivity index is 1.93. The van der Waals surface area contributed by atoms with Crippen molar-refractivity contribution in [1.82, 2.24) is 0 Å². The topological polar surface area (TPSA) is 41.8 Å². The Labute approximate surface area is 121 Å². The Hall–Kier alpha value is -1.51. The highest BCUT2D eigenvalue weighted by atomic mass is 16.5. The fourth-order valence-electron chi connectivity index (χ4n) is 3.18. The smallest absolute Gasteiger partial charge is 0.119 e. The Morgan fingerprint density at radius 1 is 1.15 bits per heavy atom. The molecule has 0 saturated heterocycles. The largest absolute Gasteiger partial charge is 0.490 e. The van der Waals surface area contributed by atoms with Crippen molar-refractivity contribution in [3.05, 3.63) is 29.8 Å². The summed E-state index contributed by atoms with van der Waals surface area (Å²) in [6.07, 6.45) is 4.65. The molecule has 110 valence electrons. The van der Waals surface area contributed by atoms with Crippen molar-refractivity contribution in [3.8, 4) is 5.75 Å². The van der Waals surface area contributed by atoms with Crippen molar-refractivity contribution < 1.29 is 9.94 Å². The lowest BCUT2D eigenvalue weighted by atomic mass is 9.82. The highest BCUT2D eigenvalue weighted by molar-refractivity contribution is 5.83. The molecule has 0 bridgehead atoms. The average Bonchev–Trinajstić information content (AvgIpc) is 2.39. The van der Waals surface area contributed by atoms with Gasteiger partial charge in [-0.3, -0.25) is 0 Å². The fourth-order valence-corrected chi connectivity index (χ4v) is 3.18. The van der Waals surface area contributed by atoms with Crippen molar-refractivity contribution in [2.75, 3.05) is 0 Å². The molecule has 2 rings (SSSR count). The van der Waals surface area contributed by atoms with Crippen LogP contribution in [0.15, 0.2) is 29.4 Å². The van der Waals surface area contributed by atoms with Gasteiger partial charge >= 0.3 is 0 Å². The van der Waals surface area contributed by atoms with Gasteiger partial charge in [0.2, 0.25) is 0 Å². The Bertz CT molecular complexity index is 443. The molecule has 1 aromatic rings. The van der Waals surface area contributed by atoms with E-state index in [1.807, 2.05) is 31.2 Å². The third-order valence-corrected chi connectivity index (χ3v) is 3.99. The number of hydrogen-bond acceptors (Lipinski definition) is 3. The van der Waals surface area contributed by atoms with E-state index in [0.29, 0.717) is 18.2 Å². The van der Waals surface area contributed by atoms with E-state index >= 15 is 0 Å². The van der Waals surface area contributed by atoms with Crippen molar-refractivity contribution in [2.24, 2.45) is 17.0 Å². The van der Waals surface area contributed by atoms with Crippen LogP contribution in [0, 0.1) is 11.8 Å². The standard InChI is InChI=1S/C17H25NO2/c1-12-8-13(2)10-17(9-12)20-16-6-4-15(5-7-16)11-14(3)18-19/h4-7,12-13,17,19H,8-11H2,1-3H3/b18-14+. The lowest BCUT2D eigenvalue weighted by molar-refractivity contribution is 0.101. The highest BCUT2D eigenvalue weighted by Gasteiger charge is 2.25. The summed E-state index contributed by atoms with van der Waals surface area (Å²) in [6, 6.07) is 8.12. The predicted octanol–water partition coefficient (Wildman–Crippen LogP) is 4.28. The van der Waals surface area contributed by atoms with E-state index in [1.165, 1.54) is 6.42 Å². The first-order valence-electron chi connectivity index (χ1n) is 7.50. The summed E-state index contributed by atoms with van der Waals surface area (Å²) in [6.45, 7) is 6.44. The van der Waals surface area contributed by atoms with E-state index < -0.39 is 0 Å². The molecule has 0 amide bonds. The maximum Gasteiger partial charge on any atom is 0.119 e. The minimum Gasteiger partial charge on any atom is -0.490 e. The lowest BCUT2D eigenvalue weighted by Gasteiger charge is -2.31. The van der Waals surface area contributed by atoms with Crippen LogP contribution in [-0.2, 0) is 6.42 Å². The summed E-state index contributed by atoms with van der Waals surface area (Å²) < 4.78 is 6.10. The minimum atomic E-state index is 0.348. The average molecular weight is 275 g/mol. The van der Waals surface area contributed by atoms with Crippen LogP contribution in [0.25, 0.3) is 0 Å². The Morgan fingerprint density at radius 2 is 1.75 bits per heavy atom. The van der Waals surface area contributed by atoms with Crippen LogP contribution < -0.4 is 4.74 Å². The number of oxime groups is 1. The minimum absolute atomic E-state index is 0.348. The zero-order chi connectivity index (χ0) is 14.5. The molecular formula is C17H25NO2. The zero-order valence-corrected chi connectivity index (χ0v) is 12.7. The normalized spacial score (nSPS) is 27.4. The number of ether oxygens (including phenoxy) is 1. The van der Waals surface area contributed by atoms with Gasteiger partial charge in [0.1, 0.15) is 5.75 Å². The summed E-state index contributed by atoms with van der Waals surface area (Å²) >= 11 is 0. The third kappa shape index (κ3) is 4.26. The highest BCUT2D eigenvalue weighted by Crippen LogP contribution is 2.31. The second kappa shape index (κ2) is 6.78. The SMILES string of the molecule is C/C(Cc1ccc(OC2CC(C)CC(C)C2)cc1)=N\O. The molecule has 20 heavy (non-hydrogen) atoms. The van der Waals surface area contributed by atoms with E-state index in [1.54, 1.807) is 0 Å². The molecule has 1 fully saturated rings. The van der Waals surface area contributed by atoms with Gasteiger partial charge in [-0.1, -0.05) is 31.1 Å². The molecule has 0 aliphatic heterocycles. The fraction of sp³-hybridized carbons (Fsp3) is 0.588. The molecule has 1 N–H and O–H groups in total. The van der Waals surface area contributed by atoms with Gasteiger partial charge in [-0.25, -0.2) is 0 Å². The number of rotatable bonds is 4. The Kier molecular flexibility index (Phi) is 5.05. The summed E-state index contributed by atoms with van der Waals surface area (Å²) in [7, 11) is 0. The molecule has 0 aromatic heterocycles. The maximum absolute atomic E-state index is 8.68. The third-order valence-electron chi connectivity index (χ3n) is 3.99. The molecule has 0 spiro atoms. The van der Waals surface area contributed by atoms with E-state index in [9.17, 15) is 0 Å². The van der Waals surface area contributed by atoms with Gasteiger partial charge in [0.05, 0.1) is 11.8 Å². The van der Waals surface area contributed by atoms with Gasteiger partial charge in [0, 0.05) is 6.42 Å². The van der Waals surface area contributed by atoms with Gasteiger partial charge in [-0.2, -0.15) is 0 Å². The van der Waals surface area contributed by atoms with E-state index in [0.717, 1.165) is 36.0 Å². The van der Waals surface area contributed by atoms with Gasteiger partial charge < -0.3 is 9.94 Å². The summed E-state index contributed by atoms with van der Waals surface area (Å²) in [5.41, 5.74) is 1.85. The van der Waals surface area contributed by atoms with Crippen molar-refractivity contribution in [2.45, 2.75) is 52.6 Å². The van der Waals surface area contributed by atoms with E-state index in [2.05, 4.69) is 19.0 Å². The van der Waals surface area contributed by atoms with Gasteiger partial charge in [-0.15, -0.1) is 0 Å². The van der Waals surface area contributed by atoms with Gasteiger partial charge in [-0.05, 0) is 55.7 Å². The van der Waals surface area contributed by atoms with Crippen LogP contribution >= 0.6 is 0 Å². The summed E-state index contributed by atoms with van der Waals surface area (Å²) in [4.78, 5) is 0. The first-order valence-corrected chi connectivity index (χ1v) is 7.50. The lowest BCUT2D eigenvalue weighted by Crippen LogP contribution is -2.28. The first-order chi connectivity index (χ1) is 9.56. The molecule has 1 aromatic carbocycles. The van der Waals surface area contributed by atoms with Crippen LogP contribution in [0.2, 0.25) is 0 Å². The van der Waals surface area contributed by atoms with Gasteiger partial charge in [0.25, 0.3) is 0 Å². The monoisotopic (exact) mass is 275 g/mol. The number of benzene rings is 1. The first kappa shape index (κ1) is 14.9. The molecule has 1 saturated carbocycles. The molecule has 2 unspecified atom stereocenters. The number of nitrogens with zero attached hydrogens (tertiary/aromatic N) is 1. The van der Waals surface area contributed by atoms with Crippen molar-refractivity contribution >= 4 is 5.71 Å². The molecule has 1 aliphatic rings. The second-order valence-corrected chi connectivity index (χ2v) is 6.31. The van der Waals surface area contributed by atoms with Crippen LogP contribution in [-0.4, -0.2) is 17.0 Å². The molecular weight excluding hydrogens is 250 g/mol. The molecule has 0 radical (unpaired) electrons. The molecule has 2 atom stereocenters. The van der Waals surface area contributed by atoms with E-state index in [4.69, 9.17) is 9.94 Å². The molecule has 1 aliphatic carbocycles. The van der Waals surface area contributed by atoms with Crippen molar-refractivity contribution in [1.29, 1.82) is 0 Å². The molecule has 3 heteroatoms. The van der Waals surface area contributed by atoms with Crippen LogP contribution in [0.3, 0.4) is 0 Å². The second-order valence-electron chi connectivity index (χ2n) is 6.31. The van der Waals surface area contributed by atoms with Crippen LogP contribution in [0.1, 0.15) is 45.6 Å². The van der Waals surface area contributed by atoms with Crippen LogP contribution in [0.5, 0.6) is 5.75 Å². The summed E-state index contributed by atoms with van der Waals surface area (Å²) in [5.74, 6) is 2.46. The predicted molar refractivity (Wildman–Crippen MR) is 81.6 cm³/mol. The zero-order valence-electron chi connectivity index (χ0n) is 12.7. The van der Waals surface area contributed by atoms with Crippen molar-refractivity contribution in [3.63, 3.8) is 0 Å². The molecule has 3 nitrogen and oxygen atoms in total. The van der Waals surface area contributed by atoms with Gasteiger partial charge in [0.15, 0.2) is 0 Å². The van der Waals surface area contributed by atoms with Crippen LogP contribution in [0.4, 0.5) is 0 Å². The molecule has 0 heterocycles. The van der Waals surface area contributed by atoms with E-state index in [-0.39, 0.29) is 0 Å².